The third-order valence-corrected chi connectivity index (χ3v) is 4.67. The summed E-state index contributed by atoms with van der Waals surface area (Å²) in [5.74, 6) is -0.183. The van der Waals surface area contributed by atoms with Crippen molar-refractivity contribution < 1.29 is 9.53 Å². The van der Waals surface area contributed by atoms with E-state index in [0.717, 1.165) is 8.66 Å². The minimum atomic E-state index is -0.910. The van der Waals surface area contributed by atoms with Gasteiger partial charge in [-0.1, -0.05) is 0 Å². The molecule has 0 aliphatic carbocycles. The van der Waals surface area contributed by atoms with Gasteiger partial charge in [-0.3, -0.25) is 4.79 Å². The Balaban J connectivity index is 1.96. The molecular weight excluding hydrogens is 316 g/mol. The Morgan fingerprint density at radius 1 is 1.56 bits per heavy atom. The summed E-state index contributed by atoms with van der Waals surface area (Å²) in [6, 6.07) is 6.06. The first kappa shape index (κ1) is 13.5. The molecule has 0 unspecified atom stereocenters. The summed E-state index contributed by atoms with van der Waals surface area (Å²) in [7, 11) is 0. The first-order valence-electron chi connectivity index (χ1n) is 5.68. The molecule has 0 saturated carbocycles. The van der Waals surface area contributed by atoms with Crippen LogP contribution in [0.15, 0.2) is 15.9 Å². The van der Waals surface area contributed by atoms with Crippen molar-refractivity contribution in [1.29, 1.82) is 5.26 Å². The van der Waals surface area contributed by atoms with Gasteiger partial charge in [-0.25, -0.2) is 0 Å². The summed E-state index contributed by atoms with van der Waals surface area (Å²) in [5, 5.41) is 12.1. The zero-order chi connectivity index (χ0) is 13.0. The summed E-state index contributed by atoms with van der Waals surface area (Å²) >= 11 is 4.95. The van der Waals surface area contributed by atoms with E-state index in [1.54, 1.807) is 11.3 Å². The monoisotopic (exact) mass is 328 g/mol. The van der Waals surface area contributed by atoms with Crippen LogP contribution in [0.3, 0.4) is 0 Å². The fraction of sp³-hybridized carbons (Fsp3) is 0.500. The van der Waals surface area contributed by atoms with Crippen LogP contribution in [0, 0.1) is 16.7 Å². The SMILES string of the molecule is N#CC1(C(=O)NCc2ccc(Br)s2)CCOCC1. The van der Waals surface area contributed by atoms with Crippen LogP contribution in [-0.2, 0) is 16.1 Å². The quantitative estimate of drug-likeness (QED) is 0.926. The largest absolute Gasteiger partial charge is 0.381 e. The Morgan fingerprint density at radius 2 is 2.28 bits per heavy atom. The molecular formula is C12H13BrN2O2S. The topological polar surface area (TPSA) is 62.1 Å². The van der Waals surface area contributed by atoms with Crippen molar-refractivity contribution in [1.82, 2.24) is 5.32 Å². The van der Waals surface area contributed by atoms with Crippen molar-refractivity contribution >= 4 is 33.2 Å². The first-order valence-corrected chi connectivity index (χ1v) is 7.29. The van der Waals surface area contributed by atoms with E-state index in [1.807, 2.05) is 12.1 Å². The van der Waals surface area contributed by atoms with Gasteiger partial charge in [0.2, 0.25) is 5.91 Å². The molecule has 1 N–H and O–H groups in total. The molecule has 2 rings (SSSR count). The minimum Gasteiger partial charge on any atom is -0.381 e. The maximum absolute atomic E-state index is 12.1. The van der Waals surface area contributed by atoms with Crippen LogP contribution < -0.4 is 5.32 Å². The lowest BCUT2D eigenvalue weighted by molar-refractivity contribution is -0.132. The maximum Gasteiger partial charge on any atom is 0.240 e. The normalized spacial score (nSPS) is 18.0. The van der Waals surface area contributed by atoms with E-state index < -0.39 is 5.41 Å². The Labute approximate surface area is 118 Å². The number of thiophene rings is 1. The Hall–Kier alpha value is -0.900. The number of hydrogen-bond acceptors (Lipinski definition) is 4. The summed E-state index contributed by atoms with van der Waals surface area (Å²) in [4.78, 5) is 13.2. The third-order valence-electron chi connectivity index (χ3n) is 3.05. The lowest BCUT2D eigenvalue weighted by Gasteiger charge is -2.29. The number of nitriles is 1. The predicted octanol–water partition coefficient (Wildman–Crippen LogP) is 2.45. The lowest BCUT2D eigenvalue weighted by atomic mass is 9.81. The van der Waals surface area contributed by atoms with Gasteiger partial charge < -0.3 is 10.1 Å². The number of hydrogen-bond donors (Lipinski definition) is 1. The van der Waals surface area contributed by atoms with Crippen molar-refractivity contribution in [3.63, 3.8) is 0 Å². The van der Waals surface area contributed by atoms with Crippen LogP contribution in [0.4, 0.5) is 0 Å². The van der Waals surface area contributed by atoms with Gasteiger partial charge in [-0.05, 0) is 40.9 Å². The van der Waals surface area contributed by atoms with Gasteiger partial charge in [0.15, 0.2) is 0 Å². The maximum atomic E-state index is 12.1. The summed E-state index contributed by atoms with van der Waals surface area (Å²) in [6.07, 6.45) is 0.951. The zero-order valence-electron chi connectivity index (χ0n) is 9.74. The summed E-state index contributed by atoms with van der Waals surface area (Å²) in [6.45, 7) is 1.43. The molecule has 96 valence electrons. The molecule has 1 saturated heterocycles. The van der Waals surface area contributed by atoms with Crippen molar-refractivity contribution in [2.75, 3.05) is 13.2 Å². The smallest absolute Gasteiger partial charge is 0.240 e. The third kappa shape index (κ3) is 2.91. The molecule has 0 spiro atoms. The van der Waals surface area contributed by atoms with E-state index >= 15 is 0 Å². The molecule has 18 heavy (non-hydrogen) atoms. The van der Waals surface area contributed by atoms with Gasteiger partial charge in [0.05, 0.1) is 16.4 Å². The van der Waals surface area contributed by atoms with Gasteiger partial charge in [0.1, 0.15) is 5.41 Å². The van der Waals surface area contributed by atoms with Crippen LogP contribution in [0.25, 0.3) is 0 Å². The Kier molecular flexibility index (Phi) is 4.38. The number of carbonyl (C=O) groups excluding carboxylic acids is 1. The molecule has 0 atom stereocenters. The highest BCUT2D eigenvalue weighted by molar-refractivity contribution is 9.11. The number of nitrogens with one attached hydrogen (secondary N) is 1. The fourth-order valence-corrected chi connectivity index (χ4v) is 3.32. The number of ether oxygens (including phenoxy) is 1. The van der Waals surface area contributed by atoms with Crippen molar-refractivity contribution in [2.45, 2.75) is 19.4 Å². The molecule has 6 heteroatoms. The highest BCUT2D eigenvalue weighted by Crippen LogP contribution is 2.30. The average molecular weight is 329 g/mol. The second-order valence-corrected chi connectivity index (χ2v) is 6.74. The highest BCUT2D eigenvalue weighted by atomic mass is 79.9. The second kappa shape index (κ2) is 5.83. The number of halogens is 1. The number of rotatable bonds is 3. The van der Waals surface area contributed by atoms with Crippen LogP contribution in [0.5, 0.6) is 0 Å². The average Bonchev–Trinajstić information content (AvgIpc) is 2.82. The molecule has 1 aromatic heterocycles. The van der Waals surface area contributed by atoms with Crippen molar-refractivity contribution in [3.05, 3.63) is 20.8 Å². The van der Waals surface area contributed by atoms with Gasteiger partial charge in [-0.15, -0.1) is 11.3 Å². The molecule has 2 heterocycles. The molecule has 0 aromatic carbocycles. The Morgan fingerprint density at radius 3 is 2.83 bits per heavy atom. The molecule has 1 amide bonds. The molecule has 1 fully saturated rings. The summed E-state index contributed by atoms with van der Waals surface area (Å²) in [5.41, 5.74) is -0.910. The minimum absolute atomic E-state index is 0.183. The van der Waals surface area contributed by atoms with E-state index in [0.29, 0.717) is 32.6 Å². The van der Waals surface area contributed by atoms with E-state index in [4.69, 9.17) is 4.74 Å². The number of nitrogens with zero attached hydrogens (tertiary/aromatic N) is 1. The first-order chi connectivity index (χ1) is 8.66. The van der Waals surface area contributed by atoms with Crippen LogP contribution in [0.1, 0.15) is 17.7 Å². The van der Waals surface area contributed by atoms with E-state index in [1.165, 1.54) is 0 Å². The van der Waals surface area contributed by atoms with E-state index in [9.17, 15) is 10.1 Å². The van der Waals surface area contributed by atoms with Gasteiger partial charge in [0, 0.05) is 18.1 Å². The molecule has 4 nitrogen and oxygen atoms in total. The molecule has 1 aliphatic heterocycles. The standard InChI is InChI=1S/C12H13BrN2O2S/c13-10-2-1-9(18-10)7-15-11(16)12(8-14)3-5-17-6-4-12/h1-2H,3-7H2,(H,15,16). The van der Waals surface area contributed by atoms with Crippen LogP contribution in [-0.4, -0.2) is 19.1 Å². The second-order valence-electron chi connectivity index (χ2n) is 4.19. The van der Waals surface area contributed by atoms with Gasteiger partial charge in [-0.2, -0.15) is 5.26 Å². The summed E-state index contributed by atoms with van der Waals surface area (Å²) < 4.78 is 6.24. The molecule has 0 radical (unpaired) electrons. The zero-order valence-corrected chi connectivity index (χ0v) is 12.1. The molecule has 0 bridgehead atoms. The van der Waals surface area contributed by atoms with Crippen LogP contribution >= 0.6 is 27.3 Å². The van der Waals surface area contributed by atoms with Gasteiger partial charge in [0.25, 0.3) is 0 Å². The van der Waals surface area contributed by atoms with Crippen LogP contribution in [0.2, 0.25) is 0 Å². The Bertz CT molecular complexity index is 475. The van der Waals surface area contributed by atoms with Crippen molar-refractivity contribution in [3.8, 4) is 6.07 Å². The van der Waals surface area contributed by atoms with E-state index in [2.05, 4.69) is 27.3 Å². The lowest BCUT2D eigenvalue weighted by Crippen LogP contribution is -2.43. The molecule has 1 aromatic rings. The highest BCUT2D eigenvalue weighted by Gasteiger charge is 2.40. The fourth-order valence-electron chi connectivity index (χ4n) is 1.89. The van der Waals surface area contributed by atoms with E-state index in [-0.39, 0.29) is 5.91 Å². The van der Waals surface area contributed by atoms with Crippen molar-refractivity contribution in [2.24, 2.45) is 5.41 Å². The molecule has 1 aliphatic rings. The number of amides is 1. The van der Waals surface area contributed by atoms with Gasteiger partial charge >= 0.3 is 0 Å². The predicted molar refractivity (Wildman–Crippen MR) is 72.0 cm³/mol. The number of carbonyl (C=O) groups is 1.